The minimum atomic E-state index is 0.585. The second-order valence-corrected chi connectivity index (χ2v) is 4.39. The van der Waals surface area contributed by atoms with Gasteiger partial charge in [0, 0.05) is 24.0 Å². The number of halogens is 1. The van der Waals surface area contributed by atoms with E-state index >= 15 is 0 Å². The van der Waals surface area contributed by atoms with Gasteiger partial charge in [-0.25, -0.2) is 0 Å². The van der Waals surface area contributed by atoms with Crippen LogP contribution in [0.15, 0.2) is 11.1 Å². The second kappa shape index (κ2) is 4.64. The van der Waals surface area contributed by atoms with E-state index in [9.17, 15) is 0 Å². The molecule has 1 saturated heterocycles. The Kier molecular flexibility index (Phi) is 3.77. The maximum Gasteiger partial charge on any atom is 0.0625 e. The third kappa shape index (κ3) is 2.96. The van der Waals surface area contributed by atoms with Crippen molar-refractivity contribution < 1.29 is 0 Å². The molecule has 1 heterocycles. The van der Waals surface area contributed by atoms with Crippen LogP contribution in [0.3, 0.4) is 0 Å². The van der Waals surface area contributed by atoms with E-state index in [2.05, 4.69) is 33.5 Å². The first-order chi connectivity index (χ1) is 5.72. The van der Waals surface area contributed by atoms with Gasteiger partial charge in [0.1, 0.15) is 0 Å². The minimum Gasteiger partial charge on any atom is -0.298 e. The SMILES string of the molecule is C=C(Br)CN1CCC(CC#N)C1. The largest absolute Gasteiger partial charge is 0.298 e. The van der Waals surface area contributed by atoms with Crippen LogP contribution in [0.1, 0.15) is 12.8 Å². The molecule has 0 aromatic rings. The van der Waals surface area contributed by atoms with Gasteiger partial charge in [-0.15, -0.1) is 0 Å². The Bertz CT molecular complexity index is 207. The predicted molar refractivity (Wildman–Crippen MR) is 52.8 cm³/mol. The van der Waals surface area contributed by atoms with E-state index in [0.717, 1.165) is 30.5 Å². The Morgan fingerprint density at radius 2 is 2.50 bits per heavy atom. The quantitative estimate of drug-likeness (QED) is 0.741. The number of hydrogen-bond acceptors (Lipinski definition) is 2. The lowest BCUT2D eigenvalue weighted by atomic mass is 10.1. The molecule has 0 N–H and O–H groups in total. The molecular formula is C9H13BrN2. The summed E-state index contributed by atoms with van der Waals surface area (Å²) in [6.07, 6.45) is 1.86. The molecule has 1 aliphatic heterocycles. The van der Waals surface area contributed by atoms with Crippen molar-refractivity contribution in [3.63, 3.8) is 0 Å². The highest BCUT2D eigenvalue weighted by Gasteiger charge is 2.21. The Balaban J connectivity index is 2.26. The van der Waals surface area contributed by atoms with E-state index in [-0.39, 0.29) is 0 Å². The molecule has 12 heavy (non-hydrogen) atoms. The second-order valence-electron chi connectivity index (χ2n) is 3.27. The molecule has 0 aliphatic carbocycles. The smallest absolute Gasteiger partial charge is 0.0625 e. The van der Waals surface area contributed by atoms with Crippen molar-refractivity contribution in [3.05, 3.63) is 11.1 Å². The highest BCUT2D eigenvalue weighted by molar-refractivity contribution is 9.11. The molecule has 1 fully saturated rings. The summed E-state index contributed by atoms with van der Waals surface area (Å²) in [4.78, 5) is 2.33. The van der Waals surface area contributed by atoms with E-state index in [1.54, 1.807) is 0 Å². The van der Waals surface area contributed by atoms with Crippen LogP contribution in [0.4, 0.5) is 0 Å². The summed E-state index contributed by atoms with van der Waals surface area (Å²) in [6, 6.07) is 2.22. The number of hydrogen-bond donors (Lipinski definition) is 0. The fourth-order valence-corrected chi connectivity index (χ4v) is 1.95. The van der Waals surface area contributed by atoms with Gasteiger partial charge in [-0.2, -0.15) is 5.26 Å². The van der Waals surface area contributed by atoms with Crippen molar-refractivity contribution in [2.45, 2.75) is 12.8 Å². The molecule has 1 aliphatic rings. The molecule has 1 unspecified atom stereocenters. The summed E-state index contributed by atoms with van der Waals surface area (Å²) < 4.78 is 1.03. The Morgan fingerprint density at radius 1 is 1.75 bits per heavy atom. The number of likely N-dealkylation sites (tertiary alicyclic amines) is 1. The standard InChI is InChI=1S/C9H13BrN2/c1-8(10)6-12-5-3-9(7-12)2-4-11/h9H,1-3,5-7H2. The third-order valence-electron chi connectivity index (χ3n) is 2.15. The van der Waals surface area contributed by atoms with Crippen LogP contribution < -0.4 is 0 Å². The predicted octanol–water partition coefficient (Wildman–Crippen LogP) is 2.13. The summed E-state index contributed by atoms with van der Waals surface area (Å²) in [5.74, 6) is 0.585. The zero-order valence-electron chi connectivity index (χ0n) is 7.09. The van der Waals surface area contributed by atoms with Crippen LogP contribution >= 0.6 is 15.9 Å². The molecule has 1 rings (SSSR count). The van der Waals surface area contributed by atoms with Crippen molar-refractivity contribution in [1.29, 1.82) is 5.26 Å². The molecule has 3 heteroatoms. The van der Waals surface area contributed by atoms with Gasteiger partial charge in [0.2, 0.25) is 0 Å². The fourth-order valence-electron chi connectivity index (χ4n) is 1.59. The molecular weight excluding hydrogens is 216 g/mol. The van der Waals surface area contributed by atoms with E-state index in [0.29, 0.717) is 12.3 Å². The van der Waals surface area contributed by atoms with Crippen LogP contribution in [0.2, 0.25) is 0 Å². The number of rotatable bonds is 3. The molecule has 0 aromatic heterocycles. The van der Waals surface area contributed by atoms with Crippen molar-refractivity contribution in [3.8, 4) is 6.07 Å². The topological polar surface area (TPSA) is 27.0 Å². The van der Waals surface area contributed by atoms with Gasteiger partial charge >= 0.3 is 0 Å². The van der Waals surface area contributed by atoms with Gasteiger partial charge < -0.3 is 0 Å². The molecule has 1 atom stereocenters. The lowest BCUT2D eigenvalue weighted by Crippen LogP contribution is -2.21. The van der Waals surface area contributed by atoms with Gasteiger partial charge in [0.15, 0.2) is 0 Å². The molecule has 0 radical (unpaired) electrons. The van der Waals surface area contributed by atoms with E-state index in [1.807, 2.05) is 0 Å². The van der Waals surface area contributed by atoms with Crippen LogP contribution in [-0.4, -0.2) is 24.5 Å². The molecule has 0 amide bonds. The zero-order valence-corrected chi connectivity index (χ0v) is 8.68. The minimum absolute atomic E-state index is 0.585. The maximum absolute atomic E-state index is 8.50. The molecule has 0 aromatic carbocycles. The lowest BCUT2D eigenvalue weighted by molar-refractivity contribution is 0.358. The third-order valence-corrected chi connectivity index (χ3v) is 2.40. The molecule has 0 spiro atoms. The monoisotopic (exact) mass is 228 g/mol. The highest BCUT2D eigenvalue weighted by atomic mass is 79.9. The number of nitrogens with zero attached hydrogens (tertiary/aromatic N) is 2. The summed E-state index contributed by atoms with van der Waals surface area (Å²) >= 11 is 3.34. The Labute approximate surface area is 82.0 Å². The highest BCUT2D eigenvalue weighted by Crippen LogP contribution is 2.20. The van der Waals surface area contributed by atoms with E-state index < -0.39 is 0 Å². The fraction of sp³-hybridized carbons (Fsp3) is 0.667. The van der Waals surface area contributed by atoms with Gasteiger partial charge in [-0.05, 0) is 18.9 Å². The van der Waals surface area contributed by atoms with Crippen molar-refractivity contribution >= 4 is 15.9 Å². The van der Waals surface area contributed by atoms with Crippen molar-refractivity contribution in [2.75, 3.05) is 19.6 Å². The summed E-state index contributed by atoms with van der Waals surface area (Å²) in [7, 11) is 0. The van der Waals surface area contributed by atoms with Gasteiger partial charge in [-0.1, -0.05) is 22.5 Å². The molecule has 0 saturated carbocycles. The van der Waals surface area contributed by atoms with Crippen molar-refractivity contribution in [2.24, 2.45) is 5.92 Å². The average molecular weight is 229 g/mol. The van der Waals surface area contributed by atoms with Crippen LogP contribution in [0, 0.1) is 17.2 Å². The molecule has 2 nitrogen and oxygen atoms in total. The lowest BCUT2D eigenvalue weighted by Gasteiger charge is -2.13. The number of nitriles is 1. The first-order valence-electron chi connectivity index (χ1n) is 4.15. The van der Waals surface area contributed by atoms with Gasteiger partial charge in [0.05, 0.1) is 6.07 Å². The maximum atomic E-state index is 8.50. The molecule has 0 bridgehead atoms. The van der Waals surface area contributed by atoms with Crippen LogP contribution in [-0.2, 0) is 0 Å². The summed E-state index contributed by atoms with van der Waals surface area (Å²) in [5, 5.41) is 8.50. The van der Waals surface area contributed by atoms with Gasteiger partial charge in [-0.3, -0.25) is 4.90 Å². The van der Waals surface area contributed by atoms with Gasteiger partial charge in [0.25, 0.3) is 0 Å². The Morgan fingerprint density at radius 3 is 3.08 bits per heavy atom. The normalized spacial score (nSPS) is 23.8. The first-order valence-corrected chi connectivity index (χ1v) is 4.94. The van der Waals surface area contributed by atoms with E-state index in [4.69, 9.17) is 5.26 Å². The average Bonchev–Trinajstić information content (AvgIpc) is 2.36. The molecule has 66 valence electrons. The first kappa shape index (κ1) is 9.76. The van der Waals surface area contributed by atoms with Crippen LogP contribution in [0.25, 0.3) is 0 Å². The Hall–Kier alpha value is -0.330. The summed E-state index contributed by atoms with van der Waals surface area (Å²) in [5.41, 5.74) is 0. The van der Waals surface area contributed by atoms with Crippen LogP contribution in [0.5, 0.6) is 0 Å². The van der Waals surface area contributed by atoms with E-state index in [1.165, 1.54) is 0 Å². The summed E-state index contributed by atoms with van der Waals surface area (Å²) in [6.45, 7) is 6.88. The zero-order chi connectivity index (χ0) is 8.97. The van der Waals surface area contributed by atoms with Crippen molar-refractivity contribution in [1.82, 2.24) is 4.90 Å².